The maximum Gasteiger partial charge on any atom is 0.490 e. The highest BCUT2D eigenvalue weighted by atomic mass is 19.4. The predicted octanol–water partition coefficient (Wildman–Crippen LogP) is 2.23. The van der Waals surface area contributed by atoms with Gasteiger partial charge in [-0.05, 0) is 25.0 Å². The highest BCUT2D eigenvalue weighted by Crippen LogP contribution is 2.42. The Bertz CT molecular complexity index is 731. The number of aromatic nitrogens is 1. The lowest BCUT2D eigenvalue weighted by atomic mass is 10.3. The lowest BCUT2D eigenvalue weighted by Crippen LogP contribution is -2.30. The number of nitrogens with one attached hydrogen (secondary N) is 2. The summed E-state index contributed by atoms with van der Waals surface area (Å²) in [5.74, 6) is -4.38. The van der Waals surface area contributed by atoms with Crippen LogP contribution in [0.4, 0.5) is 32.2 Å². The first-order valence-electron chi connectivity index (χ1n) is 7.40. The van der Waals surface area contributed by atoms with Gasteiger partial charge in [0.25, 0.3) is 0 Å². The summed E-state index contributed by atoms with van der Waals surface area (Å²) in [5, 5.41) is 12.0. The SMILES string of the molecule is O=C(Nc1ccc2c(n1)CNCC1(CC1)O2)C(F)(F)F.O=C(O)C(F)(F)F. The summed E-state index contributed by atoms with van der Waals surface area (Å²) >= 11 is 0. The topological polar surface area (TPSA) is 101 Å². The summed E-state index contributed by atoms with van der Waals surface area (Å²) in [4.78, 5) is 23.8. The average Bonchev–Trinajstić information content (AvgIpc) is 3.31. The van der Waals surface area contributed by atoms with Crippen molar-refractivity contribution in [3.05, 3.63) is 17.8 Å². The maximum atomic E-state index is 12.2. The first kappa shape index (κ1) is 20.7. The van der Waals surface area contributed by atoms with Crippen LogP contribution in [0.15, 0.2) is 12.1 Å². The monoisotopic (exact) mass is 401 g/mol. The fraction of sp³-hybridized carbons (Fsp3) is 0.500. The van der Waals surface area contributed by atoms with Crippen molar-refractivity contribution in [2.75, 3.05) is 11.9 Å². The third-order valence-corrected chi connectivity index (χ3v) is 3.55. The van der Waals surface area contributed by atoms with E-state index >= 15 is 0 Å². The molecule has 1 aromatic heterocycles. The number of nitrogens with zero attached hydrogens (tertiary/aromatic N) is 1. The molecule has 150 valence electrons. The largest absolute Gasteiger partial charge is 0.490 e. The minimum absolute atomic E-state index is 0.136. The van der Waals surface area contributed by atoms with Crippen molar-refractivity contribution in [1.82, 2.24) is 10.3 Å². The second-order valence-electron chi connectivity index (χ2n) is 5.78. The molecule has 0 radical (unpaired) electrons. The van der Waals surface area contributed by atoms with Gasteiger partial charge >= 0.3 is 24.2 Å². The Kier molecular flexibility index (Phi) is 5.54. The molecular weight excluding hydrogens is 388 g/mol. The summed E-state index contributed by atoms with van der Waals surface area (Å²) in [7, 11) is 0. The van der Waals surface area contributed by atoms with E-state index in [4.69, 9.17) is 14.6 Å². The van der Waals surface area contributed by atoms with Crippen molar-refractivity contribution in [2.24, 2.45) is 0 Å². The first-order valence-corrected chi connectivity index (χ1v) is 7.40. The van der Waals surface area contributed by atoms with Gasteiger partial charge in [0, 0.05) is 13.1 Å². The van der Waals surface area contributed by atoms with E-state index in [0.29, 0.717) is 24.5 Å². The highest BCUT2D eigenvalue weighted by molar-refractivity contribution is 5.94. The minimum atomic E-state index is -5.08. The Morgan fingerprint density at radius 3 is 2.22 bits per heavy atom. The molecule has 2 aliphatic rings. The van der Waals surface area contributed by atoms with Crippen LogP contribution >= 0.6 is 0 Å². The number of carbonyl (C=O) groups is 2. The zero-order chi connectivity index (χ0) is 20.5. The van der Waals surface area contributed by atoms with Crippen molar-refractivity contribution < 1.29 is 45.8 Å². The molecule has 7 nitrogen and oxygen atoms in total. The lowest BCUT2D eigenvalue weighted by molar-refractivity contribution is -0.192. The van der Waals surface area contributed by atoms with Gasteiger partial charge in [-0.15, -0.1) is 0 Å². The van der Waals surface area contributed by atoms with Gasteiger partial charge in [-0.1, -0.05) is 0 Å². The molecule has 0 aromatic carbocycles. The van der Waals surface area contributed by atoms with Gasteiger partial charge in [0.15, 0.2) is 0 Å². The molecule has 3 N–H and O–H groups in total. The summed E-state index contributed by atoms with van der Waals surface area (Å²) in [6, 6.07) is 2.85. The summed E-state index contributed by atoms with van der Waals surface area (Å²) in [5.41, 5.74) is 0.303. The van der Waals surface area contributed by atoms with Crippen LogP contribution in [-0.2, 0) is 16.1 Å². The molecule has 3 rings (SSSR count). The van der Waals surface area contributed by atoms with Gasteiger partial charge in [-0.25, -0.2) is 9.78 Å². The number of ether oxygens (including phenoxy) is 1. The fourth-order valence-corrected chi connectivity index (χ4v) is 2.06. The molecule has 1 saturated carbocycles. The van der Waals surface area contributed by atoms with Crippen LogP contribution in [0.5, 0.6) is 5.75 Å². The summed E-state index contributed by atoms with van der Waals surface area (Å²) < 4.78 is 74.1. The van der Waals surface area contributed by atoms with E-state index in [-0.39, 0.29) is 11.4 Å². The second kappa shape index (κ2) is 7.21. The molecule has 1 fully saturated rings. The van der Waals surface area contributed by atoms with E-state index in [9.17, 15) is 31.1 Å². The van der Waals surface area contributed by atoms with Gasteiger partial charge in [0.05, 0.1) is 5.69 Å². The van der Waals surface area contributed by atoms with Crippen LogP contribution < -0.4 is 15.4 Å². The number of carbonyl (C=O) groups excluding carboxylic acids is 1. The van der Waals surface area contributed by atoms with Crippen LogP contribution in [-0.4, -0.2) is 46.5 Å². The van der Waals surface area contributed by atoms with Crippen LogP contribution in [0, 0.1) is 0 Å². The summed E-state index contributed by atoms with van der Waals surface area (Å²) in [6.07, 6.45) is -8.11. The molecule has 1 aliphatic heterocycles. The van der Waals surface area contributed by atoms with Crippen LogP contribution in [0.3, 0.4) is 0 Å². The molecule has 0 atom stereocenters. The number of pyridine rings is 1. The maximum absolute atomic E-state index is 12.2. The number of amides is 1. The highest BCUT2D eigenvalue weighted by Gasteiger charge is 2.46. The molecule has 1 amide bonds. The standard InChI is InChI=1S/C12H12F3N3O2.C2HF3O2/c13-12(14,15)10(19)18-9-2-1-8-7(17-9)5-16-6-11(20-8)3-4-11;3-2(4,5)1(6)7/h1-2,16H,3-6H2,(H,17,18,19);(H,6,7). The Morgan fingerprint density at radius 2 is 1.74 bits per heavy atom. The van der Waals surface area contributed by atoms with Crippen molar-refractivity contribution >= 4 is 17.7 Å². The van der Waals surface area contributed by atoms with Crippen molar-refractivity contribution in [3.63, 3.8) is 0 Å². The Labute approximate surface area is 147 Å². The molecule has 1 spiro atoms. The van der Waals surface area contributed by atoms with Gasteiger partial charge in [-0.3, -0.25) is 4.79 Å². The third kappa shape index (κ3) is 5.70. The molecule has 0 bridgehead atoms. The van der Waals surface area contributed by atoms with E-state index < -0.39 is 24.2 Å². The van der Waals surface area contributed by atoms with Crippen molar-refractivity contribution in [3.8, 4) is 5.75 Å². The molecule has 1 aliphatic carbocycles. The number of carboxylic acid groups (broad SMARTS) is 1. The van der Waals surface area contributed by atoms with E-state index in [1.807, 2.05) is 0 Å². The normalized spacial score (nSPS) is 17.6. The summed E-state index contributed by atoms with van der Waals surface area (Å²) in [6.45, 7) is 1.08. The second-order valence-corrected chi connectivity index (χ2v) is 5.78. The number of hydrogen-bond donors (Lipinski definition) is 3. The van der Waals surface area contributed by atoms with E-state index in [1.54, 1.807) is 11.4 Å². The number of anilines is 1. The number of fused-ring (bicyclic) bond motifs is 1. The quantitative estimate of drug-likeness (QED) is 0.624. The molecular formula is C14H13F6N3O4. The molecule has 0 unspecified atom stereocenters. The van der Waals surface area contributed by atoms with E-state index in [0.717, 1.165) is 12.8 Å². The number of carboxylic acids is 1. The fourth-order valence-electron chi connectivity index (χ4n) is 2.06. The van der Waals surface area contributed by atoms with Crippen LogP contribution in [0.25, 0.3) is 0 Å². The minimum Gasteiger partial charge on any atom is -0.484 e. The number of hydrogen-bond acceptors (Lipinski definition) is 5. The Balaban J connectivity index is 0.000000321. The average molecular weight is 401 g/mol. The number of alkyl halides is 6. The van der Waals surface area contributed by atoms with E-state index in [2.05, 4.69) is 10.3 Å². The van der Waals surface area contributed by atoms with Gasteiger partial charge in [0.2, 0.25) is 0 Å². The van der Waals surface area contributed by atoms with Gasteiger partial charge in [0.1, 0.15) is 17.2 Å². The zero-order valence-electron chi connectivity index (χ0n) is 13.4. The Morgan fingerprint density at radius 1 is 1.15 bits per heavy atom. The van der Waals surface area contributed by atoms with Crippen molar-refractivity contribution in [1.29, 1.82) is 0 Å². The number of rotatable bonds is 1. The zero-order valence-corrected chi connectivity index (χ0v) is 13.4. The Hall–Kier alpha value is -2.57. The predicted molar refractivity (Wildman–Crippen MR) is 76.9 cm³/mol. The van der Waals surface area contributed by atoms with Crippen LogP contribution in [0.1, 0.15) is 18.5 Å². The molecule has 2 heterocycles. The number of aliphatic carboxylic acids is 1. The lowest BCUT2D eigenvalue weighted by Gasteiger charge is -2.15. The van der Waals surface area contributed by atoms with Gasteiger partial charge in [-0.2, -0.15) is 26.3 Å². The molecule has 1 aromatic rings. The first-order chi connectivity index (χ1) is 12.3. The smallest absolute Gasteiger partial charge is 0.484 e. The van der Waals surface area contributed by atoms with E-state index in [1.165, 1.54) is 6.07 Å². The molecule has 13 heteroatoms. The van der Waals surface area contributed by atoms with Crippen LogP contribution in [0.2, 0.25) is 0 Å². The molecule has 27 heavy (non-hydrogen) atoms. The number of halogens is 6. The molecule has 0 saturated heterocycles. The van der Waals surface area contributed by atoms with Gasteiger partial charge < -0.3 is 20.5 Å². The van der Waals surface area contributed by atoms with Crippen molar-refractivity contribution in [2.45, 2.75) is 37.3 Å². The third-order valence-electron chi connectivity index (χ3n) is 3.55.